The van der Waals surface area contributed by atoms with Gasteiger partial charge in [-0.25, -0.2) is 4.59 Å². The summed E-state index contributed by atoms with van der Waals surface area (Å²) in [6.45, 7) is 6.61. The largest absolute Gasteiger partial charge is 0.205 e. The van der Waals surface area contributed by atoms with E-state index in [2.05, 4.69) is 66.2 Å². The standard InChI is InChI=1S/C14H23N2/c1-14(2,3)13(15-16(4,5)6)12-10-8-7-9-11-12/h7-11H,1-6H3/q+1/b15-13+. The average Bonchev–Trinajstić information content (AvgIpc) is 2.13. The van der Waals surface area contributed by atoms with Crippen molar-refractivity contribution in [2.24, 2.45) is 10.5 Å². The molecule has 16 heavy (non-hydrogen) atoms. The average molecular weight is 219 g/mol. The van der Waals surface area contributed by atoms with E-state index in [1.807, 2.05) is 6.07 Å². The van der Waals surface area contributed by atoms with E-state index in [1.165, 1.54) is 5.56 Å². The number of quaternary nitrogens is 1. The summed E-state index contributed by atoms with van der Waals surface area (Å²) in [7, 11) is 6.23. The smallest absolute Gasteiger partial charge is 0.108 e. The highest BCUT2D eigenvalue weighted by atomic mass is 15.6. The van der Waals surface area contributed by atoms with Crippen molar-refractivity contribution in [3.63, 3.8) is 0 Å². The maximum atomic E-state index is 4.80. The van der Waals surface area contributed by atoms with E-state index in [0.29, 0.717) is 4.59 Å². The Hall–Kier alpha value is -1.15. The van der Waals surface area contributed by atoms with Gasteiger partial charge in [-0.05, 0) is 0 Å². The number of hydrogen-bond donors (Lipinski definition) is 0. The van der Waals surface area contributed by atoms with Crippen molar-refractivity contribution < 1.29 is 4.59 Å². The molecule has 0 aliphatic heterocycles. The quantitative estimate of drug-likeness (QED) is 0.411. The van der Waals surface area contributed by atoms with Gasteiger partial charge in [-0.3, -0.25) is 0 Å². The zero-order valence-corrected chi connectivity index (χ0v) is 11.3. The van der Waals surface area contributed by atoms with Crippen LogP contribution in [0.3, 0.4) is 0 Å². The van der Waals surface area contributed by atoms with Crippen molar-refractivity contribution in [3.8, 4) is 0 Å². The van der Waals surface area contributed by atoms with Crippen LogP contribution in [0.5, 0.6) is 0 Å². The first kappa shape index (κ1) is 12.9. The van der Waals surface area contributed by atoms with E-state index in [-0.39, 0.29) is 5.41 Å². The van der Waals surface area contributed by atoms with Gasteiger partial charge in [-0.2, -0.15) is 0 Å². The van der Waals surface area contributed by atoms with Crippen LogP contribution in [-0.2, 0) is 0 Å². The van der Waals surface area contributed by atoms with Crippen LogP contribution in [0.2, 0.25) is 0 Å². The van der Waals surface area contributed by atoms with Gasteiger partial charge in [0.05, 0.1) is 21.1 Å². The highest BCUT2D eigenvalue weighted by molar-refractivity contribution is 6.03. The second-order valence-electron chi connectivity index (χ2n) is 6.01. The molecular weight excluding hydrogens is 196 g/mol. The second-order valence-corrected chi connectivity index (χ2v) is 6.01. The first-order chi connectivity index (χ1) is 7.20. The van der Waals surface area contributed by atoms with Crippen LogP contribution in [0.1, 0.15) is 26.3 Å². The highest BCUT2D eigenvalue weighted by Gasteiger charge is 2.24. The van der Waals surface area contributed by atoms with Gasteiger partial charge >= 0.3 is 0 Å². The highest BCUT2D eigenvalue weighted by Crippen LogP contribution is 2.23. The molecule has 1 aromatic carbocycles. The Morgan fingerprint density at radius 3 is 1.88 bits per heavy atom. The Balaban J connectivity index is 3.24. The fourth-order valence-corrected chi connectivity index (χ4v) is 1.54. The fraction of sp³-hybridized carbons (Fsp3) is 0.500. The zero-order valence-electron chi connectivity index (χ0n) is 11.3. The van der Waals surface area contributed by atoms with E-state index in [4.69, 9.17) is 5.10 Å². The minimum Gasteiger partial charge on any atom is -0.205 e. The second kappa shape index (κ2) is 4.38. The third-order valence-electron chi connectivity index (χ3n) is 2.16. The van der Waals surface area contributed by atoms with Crippen molar-refractivity contribution in [3.05, 3.63) is 35.9 Å². The molecule has 0 radical (unpaired) electrons. The minimum absolute atomic E-state index is 0.0624. The molecule has 2 heteroatoms. The fourth-order valence-electron chi connectivity index (χ4n) is 1.54. The van der Waals surface area contributed by atoms with Crippen molar-refractivity contribution >= 4 is 5.71 Å². The molecule has 1 aromatic rings. The van der Waals surface area contributed by atoms with Crippen LogP contribution in [0, 0.1) is 5.41 Å². The summed E-state index contributed by atoms with van der Waals surface area (Å²) >= 11 is 0. The van der Waals surface area contributed by atoms with Crippen molar-refractivity contribution in [1.29, 1.82) is 0 Å². The third kappa shape index (κ3) is 3.78. The van der Waals surface area contributed by atoms with Gasteiger partial charge in [0.2, 0.25) is 0 Å². The number of rotatable bonds is 2. The SMILES string of the molecule is CC(C)(C)/C(=N/[N+](C)(C)C)c1ccccc1. The predicted molar refractivity (Wildman–Crippen MR) is 70.5 cm³/mol. The number of benzene rings is 1. The molecule has 0 fully saturated rings. The molecule has 0 N–H and O–H groups in total. The molecule has 0 atom stereocenters. The normalized spacial score (nSPS) is 14.0. The molecule has 0 amide bonds. The molecular formula is C14H23N2+. The van der Waals surface area contributed by atoms with E-state index >= 15 is 0 Å². The molecule has 0 aromatic heterocycles. The van der Waals surface area contributed by atoms with Crippen LogP contribution < -0.4 is 0 Å². The minimum atomic E-state index is 0.0624. The van der Waals surface area contributed by atoms with Crippen LogP contribution in [-0.4, -0.2) is 31.4 Å². The number of nitrogens with zero attached hydrogens (tertiary/aromatic N) is 2. The lowest BCUT2D eigenvalue weighted by molar-refractivity contribution is -0.877. The van der Waals surface area contributed by atoms with Crippen molar-refractivity contribution in [2.75, 3.05) is 21.1 Å². The van der Waals surface area contributed by atoms with Crippen LogP contribution >= 0.6 is 0 Å². The predicted octanol–water partition coefficient (Wildman–Crippen LogP) is 3.14. The van der Waals surface area contributed by atoms with Gasteiger partial charge in [0.25, 0.3) is 0 Å². The lowest BCUT2D eigenvalue weighted by Gasteiger charge is -2.25. The molecule has 0 saturated heterocycles. The summed E-state index contributed by atoms with van der Waals surface area (Å²) in [6.07, 6.45) is 0. The molecule has 0 heterocycles. The lowest BCUT2D eigenvalue weighted by Crippen LogP contribution is -2.33. The Kier molecular flexibility index (Phi) is 3.54. The summed E-state index contributed by atoms with van der Waals surface area (Å²) in [5.74, 6) is 0. The molecule has 0 bridgehead atoms. The maximum Gasteiger partial charge on any atom is 0.108 e. The van der Waals surface area contributed by atoms with Crippen molar-refractivity contribution in [1.82, 2.24) is 0 Å². The summed E-state index contributed by atoms with van der Waals surface area (Å²) in [5.41, 5.74) is 2.43. The van der Waals surface area contributed by atoms with E-state index in [0.717, 1.165) is 5.71 Å². The van der Waals surface area contributed by atoms with E-state index in [9.17, 15) is 0 Å². The van der Waals surface area contributed by atoms with Crippen LogP contribution in [0.25, 0.3) is 0 Å². The van der Waals surface area contributed by atoms with Crippen LogP contribution in [0.15, 0.2) is 35.4 Å². The van der Waals surface area contributed by atoms with Gasteiger partial charge in [-0.15, -0.1) is 0 Å². The number of hydrogen-bond acceptors (Lipinski definition) is 1. The van der Waals surface area contributed by atoms with Gasteiger partial charge in [0.15, 0.2) is 0 Å². The molecule has 0 unspecified atom stereocenters. The Morgan fingerprint density at radius 1 is 1.00 bits per heavy atom. The van der Waals surface area contributed by atoms with E-state index in [1.54, 1.807) is 0 Å². The van der Waals surface area contributed by atoms with Gasteiger partial charge < -0.3 is 0 Å². The zero-order chi connectivity index (χ0) is 12.4. The van der Waals surface area contributed by atoms with Gasteiger partial charge in [-0.1, -0.05) is 56.2 Å². The summed E-state index contributed by atoms with van der Waals surface area (Å²) in [4.78, 5) is 0. The molecule has 0 aliphatic rings. The third-order valence-corrected chi connectivity index (χ3v) is 2.16. The molecule has 0 aliphatic carbocycles. The van der Waals surface area contributed by atoms with Gasteiger partial charge in [0, 0.05) is 11.0 Å². The molecule has 0 saturated carbocycles. The Morgan fingerprint density at radius 2 is 1.50 bits per heavy atom. The molecule has 2 nitrogen and oxygen atoms in total. The summed E-state index contributed by atoms with van der Waals surface area (Å²) in [5, 5.41) is 4.80. The first-order valence-corrected chi connectivity index (χ1v) is 5.68. The van der Waals surface area contributed by atoms with E-state index < -0.39 is 0 Å². The van der Waals surface area contributed by atoms with Gasteiger partial charge in [0.1, 0.15) is 5.71 Å². The van der Waals surface area contributed by atoms with Crippen LogP contribution in [0.4, 0.5) is 0 Å². The lowest BCUT2D eigenvalue weighted by atomic mass is 9.85. The Labute approximate surface area is 99.2 Å². The monoisotopic (exact) mass is 219 g/mol. The molecule has 88 valence electrons. The van der Waals surface area contributed by atoms with Crippen molar-refractivity contribution in [2.45, 2.75) is 20.8 Å². The maximum absolute atomic E-state index is 4.80. The molecule has 0 spiro atoms. The topological polar surface area (TPSA) is 12.4 Å². The Bertz CT molecular complexity index is 364. The summed E-state index contributed by atoms with van der Waals surface area (Å²) < 4.78 is 0.599. The summed E-state index contributed by atoms with van der Waals surface area (Å²) in [6, 6.07) is 10.4. The first-order valence-electron chi connectivity index (χ1n) is 5.68. The molecule has 1 rings (SSSR count).